The number of hydrogen-bond acceptors (Lipinski definition) is 5. The molecule has 5 heteroatoms. The molecule has 100 valence electrons. The van der Waals surface area contributed by atoms with Gasteiger partial charge in [-0.1, -0.05) is 6.92 Å². The van der Waals surface area contributed by atoms with Crippen molar-refractivity contribution in [2.75, 3.05) is 24.6 Å². The predicted molar refractivity (Wildman–Crippen MR) is 73.2 cm³/mol. The van der Waals surface area contributed by atoms with Crippen LogP contribution in [0.5, 0.6) is 0 Å². The van der Waals surface area contributed by atoms with Crippen molar-refractivity contribution >= 4 is 16.7 Å². The number of aromatic nitrogens is 2. The monoisotopic (exact) mass is 267 g/mol. The van der Waals surface area contributed by atoms with Gasteiger partial charge in [0.25, 0.3) is 0 Å². The van der Waals surface area contributed by atoms with Gasteiger partial charge in [0.2, 0.25) is 5.13 Å². The fraction of sp³-hybridized carbons (Fsp3) is 0.846. The first-order valence-electron chi connectivity index (χ1n) is 7.06. The third kappa shape index (κ3) is 2.52. The van der Waals surface area contributed by atoms with E-state index in [1.807, 2.05) is 0 Å². The van der Waals surface area contributed by atoms with E-state index in [1.165, 1.54) is 25.7 Å². The van der Waals surface area contributed by atoms with Crippen LogP contribution in [0.3, 0.4) is 0 Å². The van der Waals surface area contributed by atoms with E-state index < -0.39 is 0 Å². The summed E-state index contributed by atoms with van der Waals surface area (Å²) in [6.45, 7) is 5.31. The highest BCUT2D eigenvalue weighted by molar-refractivity contribution is 7.09. The van der Waals surface area contributed by atoms with Crippen LogP contribution in [-0.4, -0.2) is 35.2 Å². The molecule has 1 aromatic rings. The minimum absolute atomic E-state index is 0.535. The van der Waals surface area contributed by atoms with Crippen molar-refractivity contribution in [2.24, 2.45) is 5.92 Å². The van der Waals surface area contributed by atoms with Crippen LogP contribution >= 0.6 is 11.5 Å². The molecule has 0 spiro atoms. The fourth-order valence-corrected chi connectivity index (χ4v) is 3.75. The number of anilines is 1. The molecule has 2 aliphatic rings. The Balaban J connectivity index is 1.55. The van der Waals surface area contributed by atoms with E-state index in [9.17, 15) is 0 Å². The first kappa shape index (κ1) is 12.4. The van der Waals surface area contributed by atoms with Gasteiger partial charge in [-0.25, -0.2) is 4.98 Å². The average molecular weight is 267 g/mol. The first-order valence-corrected chi connectivity index (χ1v) is 7.83. The van der Waals surface area contributed by atoms with Gasteiger partial charge in [0.1, 0.15) is 5.82 Å². The molecule has 3 heterocycles. The van der Waals surface area contributed by atoms with Crippen molar-refractivity contribution in [1.82, 2.24) is 9.36 Å². The number of rotatable bonds is 3. The second-order valence-corrected chi connectivity index (χ2v) is 5.95. The Morgan fingerprint density at radius 2 is 2.17 bits per heavy atom. The molecule has 0 N–H and O–H groups in total. The number of piperidine rings is 1. The summed E-state index contributed by atoms with van der Waals surface area (Å²) in [4.78, 5) is 6.97. The van der Waals surface area contributed by atoms with Gasteiger partial charge in [0.05, 0.1) is 6.10 Å². The van der Waals surface area contributed by atoms with Gasteiger partial charge in [-0.15, -0.1) is 0 Å². The zero-order valence-corrected chi connectivity index (χ0v) is 11.8. The van der Waals surface area contributed by atoms with Crippen molar-refractivity contribution in [3.05, 3.63) is 5.82 Å². The third-order valence-corrected chi connectivity index (χ3v) is 4.89. The van der Waals surface area contributed by atoms with Crippen LogP contribution in [0.2, 0.25) is 0 Å². The van der Waals surface area contributed by atoms with Crippen LogP contribution < -0.4 is 4.90 Å². The topological polar surface area (TPSA) is 38.2 Å². The molecule has 1 aromatic heterocycles. The third-order valence-electron chi connectivity index (χ3n) is 4.07. The zero-order valence-electron chi connectivity index (χ0n) is 11.0. The van der Waals surface area contributed by atoms with Crippen LogP contribution in [-0.2, 0) is 11.2 Å². The van der Waals surface area contributed by atoms with E-state index >= 15 is 0 Å². The summed E-state index contributed by atoms with van der Waals surface area (Å²) >= 11 is 1.55. The van der Waals surface area contributed by atoms with Crippen LogP contribution in [0.25, 0.3) is 0 Å². The summed E-state index contributed by atoms with van der Waals surface area (Å²) in [5.41, 5.74) is 0. The number of aryl methyl sites for hydroxylation is 1. The minimum atomic E-state index is 0.535. The van der Waals surface area contributed by atoms with E-state index in [0.717, 1.165) is 43.0 Å². The molecule has 0 saturated carbocycles. The summed E-state index contributed by atoms with van der Waals surface area (Å²) in [5.74, 6) is 1.75. The number of ether oxygens (including phenoxy) is 1. The normalized spacial score (nSPS) is 25.8. The largest absolute Gasteiger partial charge is 0.378 e. The van der Waals surface area contributed by atoms with Crippen LogP contribution in [0.15, 0.2) is 0 Å². The Morgan fingerprint density at radius 1 is 1.33 bits per heavy atom. The second kappa shape index (κ2) is 5.53. The van der Waals surface area contributed by atoms with Crippen LogP contribution in [0.1, 0.15) is 38.4 Å². The molecule has 2 aliphatic heterocycles. The molecule has 0 aliphatic carbocycles. The molecule has 18 heavy (non-hydrogen) atoms. The van der Waals surface area contributed by atoms with Gasteiger partial charge in [-0.2, -0.15) is 4.37 Å². The second-order valence-electron chi connectivity index (χ2n) is 5.22. The molecule has 1 unspecified atom stereocenters. The van der Waals surface area contributed by atoms with Crippen molar-refractivity contribution < 1.29 is 4.74 Å². The average Bonchev–Trinajstić information content (AvgIpc) is 3.10. The summed E-state index contributed by atoms with van der Waals surface area (Å²) in [7, 11) is 0. The van der Waals surface area contributed by atoms with Crippen molar-refractivity contribution in [3.8, 4) is 0 Å². The molecular formula is C13H21N3OS. The Bertz CT molecular complexity index is 381. The molecule has 2 saturated heterocycles. The molecule has 4 nitrogen and oxygen atoms in total. The van der Waals surface area contributed by atoms with Crippen molar-refractivity contribution in [1.29, 1.82) is 0 Å². The maximum Gasteiger partial charge on any atom is 0.205 e. The quantitative estimate of drug-likeness (QED) is 0.843. The van der Waals surface area contributed by atoms with Gasteiger partial charge in [-0.3, -0.25) is 0 Å². The highest BCUT2D eigenvalue weighted by atomic mass is 32.1. The Morgan fingerprint density at radius 3 is 2.78 bits per heavy atom. The highest BCUT2D eigenvalue weighted by Crippen LogP contribution is 2.31. The molecule has 3 rings (SSSR count). The van der Waals surface area contributed by atoms with Gasteiger partial charge in [-0.05, 0) is 31.6 Å². The van der Waals surface area contributed by atoms with E-state index in [1.54, 1.807) is 11.5 Å². The Labute approximate surface area is 113 Å². The van der Waals surface area contributed by atoms with Gasteiger partial charge < -0.3 is 9.64 Å². The van der Waals surface area contributed by atoms with Crippen LogP contribution in [0, 0.1) is 5.92 Å². The predicted octanol–water partition coefficient (Wildman–Crippen LogP) is 2.50. The highest BCUT2D eigenvalue weighted by Gasteiger charge is 2.30. The van der Waals surface area contributed by atoms with Gasteiger partial charge >= 0.3 is 0 Å². The van der Waals surface area contributed by atoms with Crippen LogP contribution in [0.4, 0.5) is 5.13 Å². The smallest absolute Gasteiger partial charge is 0.205 e. The fourth-order valence-electron chi connectivity index (χ4n) is 2.95. The zero-order chi connectivity index (χ0) is 12.4. The molecule has 1 atom stereocenters. The minimum Gasteiger partial charge on any atom is -0.378 e. The molecule has 0 amide bonds. The number of nitrogens with zero attached hydrogens (tertiary/aromatic N) is 3. The molecular weight excluding hydrogens is 246 g/mol. The first-order chi connectivity index (χ1) is 8.86. The lowest BCUT2D eigenvalue weighted by Crippen LogP contribution is -2.37. The lowest BCUT2D eigenvalue weighted by molar-refractivity contribution is 0.0531. The summed E-state index contributed by atoms with van der Waals surface area (Å²) in [6, 6.07) is 0. The van der Waals surface area contributed by atoms with E-state index in [-0.39, 0.29) is 0 Å². The van der Waals surface area contributed by atoms with Crippen molar-refractivity contribution in [3.63, 3.8) is 0 Å². The maximum absolute atomic E-state index is 5.81. The van der Waals surface area contributed by atoms with E-state index in [0.29, 0.717) is 6.10 Å². The summed E-state index contributed by atoms with van der Waals surface area (Å²) in [6.07, 6.45) is 6.47. The molecule has 0 radical (unpaired) electrons. The standard InChI is InChI=1S/C13H21N3OS/c1-2-12-14-13(18-15-12)16-7-5-10(6-8-16)11-4-3-9-17-11/h10-11H,2-9H2,1H3. The van der Waals surface area contributed by atoms with Gasteiger partial charge in [0, 0.05) is 37.6 Å². The maximum atomic E-state index is 5.81. The van der Waals surface area contributed by atoms with Crippen molar-refractivity contribution in [2.45, 2.75) is 45.1 Å². The number of hydrogen-bond donors (Lipinski definition) is 0. The lowest BCUT2D eigenvalue weighted by atomic mass is 9.90. The molecule has 2 fully saturated rings. The molecule has 0 bridgehead atoms. The molecule has 0 aromatic carbocycles. The van der Waals surface area contributed by atoms with E-state index in [4.69, 9.17) is 4.74 Å². The Hall–Kier alpha value is -0.680. The summed E-state index contributed by atoms with van der Waals surface area (Å²) < 4.78 is 10.2. The lowest BCUT2D eigenvalue weighted by Gasteiger charge is -2.33. The van der Waals surface area contributed by atoms with Gasteiger partial charge in [0.15, 0.2) is 0 Å². The summed E-state index contributed by atoms with van der Waals surface area (Å²) in [5, 5.41) is 1.11. The van der Waals surface area contributed by atoms with E-state index in [2.05, 4.69) is 21.2 Å². The SMILES string of the molecule is CCc1nsc(N2CCC(C3CCCO3)CC2)n1. The Kier molecular flexibility index (Phi) is 3.80.